The summed E-state index contributed by atoms with van der Waals surface area (Å²) in [6.45, 7) is 4.28. The molecule has 0 fully saturated rings. The van der Waals surface area contributed by atoms with Gasteiger partial charge in [0.05, 0.1) is 9.82 Å². The zero-order chi connectivity index (χ0) is 18.9. The van der Waals surface area contributed by atoms with E-state index >= 15 is 0 Å². The van der Waals surface area contributed by atoms with Gasteiger partial charge in [0.2, 0.25) is 10.0 Å². The molecule has 2 N–H and O–H groups in total. The number of fused-ring (bicyclic) bond motifs is 1. The molecule has 3 rings (SSSR count). The van der Waals surface area contributed by atoms with Gasteiger partial charge in [-0.1, -0.05) is 24.3 Å². The van der Waals surface area contributed by atoms with Crippen molar-refractivity contribution in [3.05, 3.63) is 68.8 Å². The van der Waals surface area contributed by atoms with Crippen LogP contribution in [0.2, 0.25) is 0 Å². The molecule has 2 aromatic rings. The fourth-order valence-electron chi connectivity index (χ4n) is 3.24. The first-order valence-electron chi connectivity index (χ1n) is 8.36. The van der Waals surface area contributed by atoms with Crippen molar-refractivity contribution in [1.82, 2.24) is 10.0 Å². The van der Waals surface area contributed by atoms with Crippen molar-refractivity contribution >= 4 is 28.1 Å². The number of nitro benzene ring substituents is 1. The van der Waals surface area contributed by atoms with Crippen molar-refractivity contribution in [1.29, 1.82) is 0 Å². The quantitative estimate of drug-likeness (QED) is 0.581. The Balaban J connectivity index is 0.00000261. The van der Waals surface area contributed by atoms with E-state index in [0.29, 0.717) is 11.1 Å². The number of rotatable bonds is 5. The summed E-state index contributed by atoms with van der Waals surface area (Å²) in [7, 11) is -3.87. The smallest absolute Gasteiger partial charge is 0.271 e. The summed E-state index contributed by atoms with van der Waals surface area (Å²) in [4.78, 5) is 10.4. The van der Waals surface area contributed by atoms with Crippen LogP contribution in [0.4, 0.5) is 5.69 Å². The highest BCUT2D eigenvalue weighted by Gasteiger charge is 2.25. The fraction of sp³-hybridized carbons (Fsp3) is 0.333. The van der Waals surface area contributed by atoms with E-state index < -0.39 is 14.9 Å². The Morgan fingerprint density at radius 2 is 1.96 bits per heavy atom. The second-order valence-corrected chi connectivity index (χ2v) is 8.19. The molecule has 1 heterocycles. The van der Waals surface area contributed by atoms with Crippen molar-refractivity contribution < 1.29 is 13.3 Å². The minimum absolute atomic E-state index is 0. The Morgan fingerprint density at radius 3 is 2.67 bits per heavy atom. The molecule has 0 saturated carbocycles. The fourth-order valence-corrected chi connectivity index (χ4v) is 4.62. The average Bonchev–Trinajstić information content (AvgIpc) is 2.61. The van der Waals surface area contributed by atoms with E-state index in [1.165, 1.54) is 11.6 Å². The van der Waals surface area contributed by atoms with Crippen molar-refractivity contribution in [3.63, 3.8) is 0 Å². The first-order chi connectivity index (χ1) is 12.3. The van der Waals surface area contributed by atoms with E-state index in [9.17, 15) is 18.5 Å². The summed E-state index contributed by atoms with van der Waals surface area (Å²) in [5, 5.41) is 14.4. The molecule has 1 aliphatic heterocycles. The minimum atomic E-state index is -3.87. The van der Waals surface area contributed by atoms with Gasteiger partial charge in [-0.15, -0.1) is 12.4 Å². The second-order valence-electron chi connectivity index (χ2n) is 6.45. The number of halogens is 1. The predicted molar refractivity (Wildman–Crippen MR) is 106 cm³/mol. The number of nitrogens with zero attached hydrogens (tertiary/aromatic N) is 1. The lowest BCUT2D eigenvalue weighted by atomic mass is 9.95. The molecule has 2 aromatic carbocycles. The number of aryl methyl sites for hydroxylation is 1. The maximum absolute atomic E-state index is 12.8. The monoisotopic (exact) mass is 411 g/mol. The third-order valence-corrected chi connectivity index (χ3v) is 6.35. The first-order valence-corrected chi connectivity index (χ1v) is 9.84. The molecule has 0 aliphatic carbocycles. The summed E-state index contributed by atoms with van der Waals surface area (Å²) in [5.74, 6) is 0. The molecule has 0 aromatic heterocycles. The number of nitro groups is 1. The van der Waals surface area contributed by atoms with Crippen molar-refractivity contribution in [2.24, 2.45) is 0 Å². The van der Waals surface area contributed by atoms with Gasteiger partial charge >= 0.3 is 0 Å². The molecule has 0 spiro atoms. The molecule has 1 aliphatic rings. The Bertz CT molecular complexity index is 963. The van der Waals surface area contributed by atoms with E-state index in [1.54, 1.807) is 13.8 Å². The van der Waals surface area contributed by atoms with E-state index in [1.807, 2.05) is 24.3 Å². The molecular weight excluding hydrogens is 390 g/mol. The van der Waals surface area contributed by atoms with Crippen LogP contribution in [0.5, 0.6) is 0 Å². The Kier molecular flexibility index (Phi) is 6.59. The lowest BCUT2D eigenvalue weighted by Gasteiger charge is -2.27. The lowest BCUT2D eigenvalue weighted by molar-refractivity contribution is -0.385. The molecule has 0 saturated heterocycles. The van der Waals surface area contributed by atoms with Gasteiger partial charge in [-0.05, 0) is 49.1 Å². The highest BCUT2D eigenvalue weighted by Crippen LogP contribution is 2.26. The standard InChI is InChI=1S/C18H21N3O4S.ClH/c1-12-9-15(21(22)23)10-18(13(12)2)26(24,25)20-11-17-16-6-4-3-5-14(16)7-8-19-17;/h3-6,9-10,17,19-20H,7-8,11H2,1-2H3;1H. The summed E-state index contributed by atoms with van der Waals surface area (Å²) in [5.41, 5.74) is 3.14. The third-order valence-electron chi connectivity index (χ3n) is 4.80. The largest absolute Gasteiger partial charge is 0.308 e. The van der Waals surface area contributed by atoms with Crippen molar-refractivity contribution in [2.45, 2.75) is 31.2 Å². The van der Waals surface area contributed by atoms with Crippen LogP contribution in [0.15, 0.2) is 41.3 Å². The van der Waals surface area contributed by atoms with Gasteiger partial charge in [0.15, 0.2) is 0 Å². The van der Waals surface area contributed by atoms with E-state index in [4.69, 9.17) is 0 Å². The minimum Gasteiger partial charge on any atom is -0.308 e. The SMILES string of the molecule is Cc1cc([N+](=O)[O-])cc(S(=O)(=O)NCC2NCCc3ccccc32)c1C.Cl. The molecule has 1 unspecified atom stereocenters. The van der Waals surface area contributed by atoms with Crippen LogP contribution in [0.25, 0.3) is 0 Å². The second kappa shape index (κ2) is 8.35. The van der Waals surface area contributed by atoms with Gasteiger partial charge in [0, 0.05) is 24.7 Å². The summed E-state index contributed by atoms with van der Waals surface area (Å²) in [6.07, 6.45) is 0.905. The molecule has 0 radical (unpaired) electrons. The van der Waals surface area contributed by atoms with Crippen molar-refractivity contribution in [3.8, 4) is 0 Å². The normalized spacial score (nSPS) is 16.3. The average molecular weight is 412 g/mol. The number of sulfonamides is 1. The van der Waals surface area contributed by atoms with Crippen LogP contribution in [0.3, 0.4) is 0 Å². The lowest BCUT2D eigenvalue weighted by Crippen LogP contribution is -2.39. The maximum Gasteiger partial charge on any atom is 0.271 e. The molecule has 146 valence electrons. The molecule has 1 atom stereocenters. The van der Waals surface area contributed by atoms with Crippen molar-refractivity contribution in [2.75, 3.05) is 13.1 Å². The third kappa shape index (κ3) is 4.47. The van der Waals surface area contributed by atoms with Crippen LogP contribution in [-0.2, 0) is 16.4 Å². The van der Waals surface area contributed by atoms with Gasteiger partial charge in [-0.3, -0.25) is 10.1 Å². The van der Waals surface area contributed by atoms with E-state index in [-0.39, 0.29) is 35.6 Å². The van der Waals surface area contributed by atoms with Crippen LogP contribution in [-0.4, -0.2) is 26.4 Å². The highest BCUT2D eigenvalue weighted by molar-refractivity contribution is 7.89. The van der Waals surface area contributed by atoms with Gasteiger partial charge < -0.3 is 5.32 Å². The Morgan fingerprint density at radius 1 is 1.26 bits per heavy atom. The van der Waals surface area contributed by atoms with E-state index in [2.05, 4.69) is 10.0 Å². The van der Waals surface area contributed by atoms with Crippen LogP contribution < -0.4 is 10.0 Å². The molecule has 27 heavy (non-hydrogen) atoms. The number of benzene rings is 2. The number of hydrogen-bond acceptors (Lipinski definition) is 5. The van der Waals surface area contributed by atoms with Gasteiger partial charge in [0.1, 0.15) is 0 Å². The van der Waals surface area contributed by atoms with E-state index in [0.717, 1.165) is 24.6 Å². The maximum atomic E-state index is 12.8. The molecule has 7 nitrogen and oxygen atoms in total. The zero-order valence-electron chi connectivity index (χ0n) is 15.1. The van der Waals surface area contributed by atoms with Crippen LogP contribution in [0.1, 0.15) is 28.3 Å². The summed E-state index contributed by atoms with van der Waals surface area (Å²) >= 11 is 0. The molecule has 0 bridgehead atoms. The van der Waals surface area contributed by atoms with Crippen LogP contribution >= 0.6 is 12.4 Å². The number of non-ortho nitro benzene ring substituents is 1. The molecule has 9 heteroatoms. The topological polar surface area (TPSA) is 101 Å². The first kappa shape index (κ1) is 21.3. The predicted octanol–water partition coefficient (Wildman–Crippen LogP) is 2.80. The Hall–Kier alpha value is -2.00. The molecule has 0 amide bonds. The van der Waals surface area contributed by atoms with Gasteiger partial charge in [-0.2, -0.15) is 0 Å². The van der Waals surface area contributed by atoms with Gasteiger partial charge in [-0.25, -0.2) is 13.1 Å². The van der Waals surface area contributed by atoms with Gasteiger partial charge in [0.25, 0.3) is 5.69 Å². The highest BCUT2D eigenvalue weighted by atomic mass is 35.5. The molecular formula is C18H22ClN3O4S. The summed E-state index contributed by atoms with van der Waals surface area (Å²) < 4.78 is 28.2. The number of nitrogens with one attached hydrogen (secondary N) is 2. The Labute approximate surface area is 164 Å². The zero-order valence-corrected chi connectivity index (χ0v) is 16.7. The summed E-state index contributed by atoms with van der Waals surface area (Å²) in [6, 6.07) is 10.3. The number of hydrogen-bond donors (Lipinski definition) is 2. The van der Waals surface area contributed by atoms with Crippen LogP contribution in [0, 0.1) is 24.0 Å².